The number of benzene rings is 3. The summed E-state index contributed by atoms with van der Waals surface area (Å²) in [5.41, 5.74) is -2.47. The lowest BCUT2D eigenvalue weighted by atomic mass is 9.48. The number of hydrogen-bond donors (Lipinski definition) is 0. The molecule has 3 aromatic carbocycles. The highest BCUT2D eigenvalue weighted by Crippen LogP contribution is 2.68. The van der Waals surface area contributed by atoms with Crippen LogP contribution in [0, 0.1) is 17.3 Å². The van der Waals surface area contributed by atoms with Crippen molar-refractivity contribution in [2.24, 2.45) is 17.3 Å². The zero-order valence-corrected chi connectivity index (χ0v) is 27.2. The molecule has 2 aliphatic carbocycles. The Morgan fingerprint density at radius 2 is 1.09 bits per heavy atom. The van der Waals surface area contributed by atoms with Crippen LogP contribution in [-0.2, 0) is 28.5 Å². The van der Waals surface area contributed by atoms with E-state index in [4.69, 9.17) is 23.7 Å². The molecule has 2 saturated carbocycles. The normalized spacial score (nSPS) is 31.9. The Morgan fingerprint density at radius 3 is 1.55 bits per heavy atom. The number of rotatable bonds is 7. The van der Waals surface area contributed by atoms with Crippen molar-refractivity contribution < 1.29 is 42.9 Å². The Kier molecular flexibility index (Phi) is 8.47. The molecular formula is C38H40O9. The lowest BCUT2D eigenvalue weighted by Gasteiger charge is -2.62. The van der Waals surface area contributed by atoms with E-state index in [-0.39, 0.29) is 12.8 Å². The van der Waals surface area contributed by atoms with Gasteiger partial charge in [0.2, 0.25) is 0 Å². The van der Waals surface area contributed by atoms with Crippen LogP contribution >= 0.6 is 0 Å². The largest absolute Gasteiger partial charge is 0.459 e. The molecule has 9 heteroatoms. The highest BCUT2D eigenvalue weighted by atomic mass is 16.6. The summed E-state index contributed by atoms with van der Waals surface area (Å²) < 4.78 is 32.2. The molecule has 1 saturated heterocycles. The summed E-state index contributed by atoms with van der Waals surface area (Å²) in [6.45, 7) is 8.97. The minimum atomic E-state index is -1.36. The molecule has 3 aliphatic rings. The zero-order chi connectivity index (χ0) is 33.6. The van der Waals surface area contributed by atoms with Crippen LogP contribution in [0.5, 0.6) is 0 Å². The topological polar surface area (TPSA) is 114 Å². The van der Waals surface area contributed by atoms with Gasteiger partial charge in [-0.1, -0.05) is 61.5 Å². The van der Waals surface area contributed by atoms with Crippen molar-refractivity contribution in [3.8, 4) is 0 Å². The molecule has 0 radical (unpaired) electrons. The predicted molar refractivity (Wildman–Crippen MR) is 170 cm³/mol. The highest BCUT2D eigenvalue weighted by molar-refractivity contribution is 5.91. The monoisotopic (exact) mass is 640 g/mol. The number of esters is 4. The van der Waals surface area contributed by atoms with Crippen LogP contribution in [0.15, 0.2) is 91.0 Å². The first-order chi connectivity index (χ1) is 22.4. The molecule has 3 fully saturated rings. The Labute approximate surface area is 274 Å². The summed E-state index contributed by atoms with van der Waals surface area (Å²) in [4.78, 5) is 53.7. The van der Waals surface area contributed by atoms with Crippen LogP contribution in [0.4, 0.5) is 0 Å². The van der Waals surface area contributed by atoms with Crippen molar-refractivity contribution in [1.29, 1.82) is 0 Å². The van der Waals surface area contributed by atoms with Gasteiger partial charge in [-0.25, -0.2) is 14.4 Å². The summed E-state index contributed by atoms with van der Waals surface area (Å²) in [5, 5.41) is 0. The molecule has 0 unspecified atom stereocenters. The number of carbonyl (C=O) groups excluding carboxylic acids is 4. The molecule has 0 N–H and O–H groups in total. The number of ether oxygens (including phenoxy) is 5. The minimum Gasteiger partial charge on any atom is -0.459 e. The molecule has 6 rings (SSSR count). The fraction of sp³-hybridized carbons (Fsp3) is 0.421. The summed E-state index contributed by atoms with van der Waals surface area (Å²) >= 11 is 0. The summed E-state index contributed by atoms with van der Waals surface area (Å²) in [6, 6.07) is 25.9. The summed E-state index contributed by atoms with van der Waals surface area (Å²) in [5.74, 6) is -3.05. The fourth-order valence-electron chi connectivity index (χ4n) is 8.28. The van der Waals surface area contributed by atoms with Gasteiger partial charge < -0.3 is 23.7 Å². The van der Waals surface area contributed by atoms with Gasteiger partial charge in [-0.05, 0) is 75.9 Å². The van der Waals surface area contributed by atoms with E-state index in [1.165, 1.54) is 6.92 Å². The molecule has 8 atom stereocenters. The van der Waals surface area contributed by atoms with E-state index in [0.717, 1.165) is 0 Å². The molecule has 1 heterocycles. The Bertz CT molecular complexity index is 1640. The van der Waals surface area contributed by atoms with Gasteiger partial charge in [0, 0.05) is 12.8 Å². The van der Waals surface area contributed by atoms with Crippen molar-refractivity contribution in [3.63, 3.8) is 0 Å². The molecule has 246 valence electrons. The van der Waals surface area contributed by atoms with Crippen LogP contribution in [0.2, 0.25) is 0 Å². The van der Waals surface area contributed by atoms with Crippen molar-refractivity contribution in [2.75, 3.05) is 0 Å². The Morgan fingerprint density at radius 1 is 0.638 bits per heavy atom. The standard InChI is InChI=1S/C38H40O9/c1-23-21-29(43-24(2)39)32(46-35(42)27-19-13-8-14-20-27)37(5)30(44-33(40)25-15-9-6-10-16-25)22-28-31(38(23,37)47-36(28,3)4)45-34(41)26-17-11-7-12-18-26/h6-20,23,28-32H,21-22H2,1-5H3/t23-,28-,29+,30+,31-,32+,37-,38-/m1/s1. The molecular weight excluding hydrogens is 600 g/mol. The number of hydrogen-bond acceptors (Lipinski definition) is 9. The molecule has 1 spiro atoms. The number of carbonyl (C=O) groups is 4. The SMILES string of the molecule is CC(=O)O[C@H]1C[C@@H](C)[C@]23OC(C)(C)[C@H](C[C@H](OC(=O)c4ccccc4)[C@]2(C)[C@H]1OC(=O)c1ccccc1)[C@H]3OC(=O)c1ccccc1. The van der Waals surface area contributed by atoms with E-state index in [1.807, 2.05) is 39.8 Å². The van der Waals surface area contributed by atoms with Gasteiger partial charge in [-0.2, -0.15) is 0 Å². The number of fused-ring (bicyclic) bond motifs is 1. The molecule has 9 nitrogen and oxygen atoms in total. The van der Waals surface area contributed by atoms with Crippen LogP contribution in [0.25, 0.3) is 0 Å². The average Bonchev–Trinajstić information content (AvgIpc) is 3.24. The van der Waals surface area contributed by atoms with Gasteiger partial charge in [0.25, 0.3) is 0 Å². The molecule has 3 aromatic rings. The van der Waals surface area contributed by atoms with Gasteiger partial charge >= 0.3 is 23.9 Å². The van der Waals surface area contributed by atoms with Gasteiger partial charge in [-0.3, -0.25) is 4.79 Å². The maximum atomic E-state index is 13.8. The third-order valence-corrected chi connectivity index (χ3v) is 10.4. The Hall–Kier alpha value is -4.50. The first-order valence-corrected chi connectivity index (χ1v) is 16.0. The second-order valence-corrected chi connectivity index (χ2v) is 13.6. The molecule has 2 bridgehead atoms. The van der Waals surface area contributed by atoms with E-state index < -0.39 is 76.7 Å². The molecule has 1 aliphatic heterocycles. The average molecular weight is 641 g/mol. The van der Waals surface area contributed by atoms with E-state index in [0.29, 0.717) is 16.7 Å². The second kappa shape index (κ2) is 12.3. The van der Waals surface area contributed by atoms with Crippen molar-refractivity contribution >= 4 is 23.9 Å². The second-order valence-electron chi connectivity index (χ2n) is 13.6. The van der Waals surface area contributed by atoms with Crippen molar-refractivity contribution in [2.45, 2.75) is 83.1 Å². The Balaban J connectivity index is 1.51. The molecule has 0 amide bonds. The van der Waals surface area contributed by atoms with Crippen LogP contribution < -0.4 is 0 Å². The van der Waals surface area contributed by atoms with Crippen LogP contribution in [0.1, 0.15) is 78.5 Å². The predicted octanol–water partition coefficient (Wildman–Crippen LogP) is 6.21. The van der Waals surface area contributed by atoms with Crippen LogP contribution in [-0.4, -0.2) is 59.5 Å². The molecule has 0 aromatic heterocycles. The smallest absolute Gasteiger partial charge is 0.338 e. The first-order valence-electron chi connectivity index (χ1n) is 16.0. The van der Waals surface area contributed by atoms with E-state index >= 15 is 0 Å². The fourth-order valence-corrected chi connectivity index (χ4v) is 8.28. The minimum absolute atomic E-state index is 0.232. The maximum Gasteiger partial charge on any atom is 0.338 e. The zero-order valence-electron chi connectivity index (χ0n) is 27.2. The maximum absolute atomic E-state index is 13.8. The van der Waals surface area contributed by atoms with E-state index in [2.05, 4.69) is 0 Å². The third-order valence-electron chi connectivity index (χ3n) is 10.4. The van der Waals surface area contributed by atoms with E-state index in [9.17, 15) is 19.2 Å². The first kappa shape index (κ1) is 32.4. The van der Waals surface area contributed by atoms with Gasteiger partial charge in [0.05, 0.1) is 27.7 Å². The van der Waals surface area contributed by atoms with Crippen LogP contribution in [0.3, 0.4) is 0 Å². The van der Waals surface area contributed by atoms with Crippen molar-refractivity contribution in [1.82, 2.24) is 0 Å². The lowest BCUT2D eigenvalue weighted by molar-refractivity contribution is -0.299. The quantitative estimate of drug-likeness (QED) is 0.220. The summed E-state index contributed by atoms with van der Waals surface area (Å²) in [6.07, 6.45) is -3.27. The summed E-state index contributed by atoms with van der Waals surface area (Å²) in [7, 11) is 0. The highest BCUT2D eigenvalue weighted by Gasteiger charge is 2.80. The van der Waals surface area contributed by atoms with E-state index in [1.54, 1.807) is 78.9 Å². The van der Waals surface area contributed by atoms with Crippen molar-refractivity contribution in [3.05, 3.63) is 108 Å². The van der Waals surface area contributed by atoms with Gasteiger partial charge in [0.15, 0.2) is 6.10 Å². The third kappa shape index (κ3) is 5.50. The molecule has 47 heavy (non-hydrogen) atoms. The van der Waals surface area contributed by atoms with Gasteiger partial charge in [0.1, 0.15) is 23.9 Å². The lowest BCUT2D eigenvalue weighted by Crippen LogP contribution is -2.76. The van der Waals surface area contributed by atoms with Gasteiger partial charge in [-0.15, -0.1) is 0 Å².